The monoisotopic (exact) mass is 305 g/mol. The first-order valence-electron chi connectivity index (χ1n) is 5.84. The molecule has 0 amide bonds. The van der Waals surface area contributed by atoms with Crippen molar-refractivity contribution in [2.75, 3.05) is 28.2 Å². The number of rotatable bonds is 4. The molecule has 0 fully saturated rings. The van der Waals surface area contributed by atoms with Gasteiger partial charge in [0.05, 0.1) is 0 Å². The third-order valence-electron chi connectivity index (χ3n) is 2.25. The molecule has 0 saturated carbocycles. The summed E-state index contributed by atoms with van der Waals surface area (Å²) in [5.41, 5.74) is 4.05. The Bertz CT molecular complexity index is 307. The van der Waals surface area contributed by atoms with E-state index >= 15 is 0 Å². The second-order valence-corrected chi connectivity index (χ2v) is 3.75. The number of allylic oxidation sites excluding steroid dienone is 4. The van der Waals surface area contributed by atoms with Crippen LogP contribution >= 0.6 is 0 Å². The molecule has 109 valence electrons. The summed E-state index contributed by atoms with van der Waals surface area (Å²) in [4.78, 5) is 7.91. The SMILES string of the molecule is CN=C(C)/C=C(/C)[N-]C.CN=C(C)/C=C(/C)[N-]C.[Mn+2]. The minimum absolute atomic E-state index is 0. The summed E-state index contributed by atoms with van der Waals surface area (Å²) in [6.45, 7) is 7.81. The number of nitrogens with zero attached hydrogens (tertiary/aromatic N) is 4. The van der Waals surface area contributed by atoms with Crippen molar-refractivity contribution in [2.45, 2.75) is 27.7 Å². The molecule has 4 nitrogen and oxygen atoms in total. The summed E-state index contributed by atoms with van der Waals surface area (Å²) < 4.78 is 0. The van der Waals surface area contributed by atoms with Crippen molar-refractivity contribution in [2.24, 2.45) is 9.98 Å². The molecule has 19 heavy (non-hydrogen) atoms. The van der Waals surface area contributed by atoms with Gasteiger partial charge in [-0.2, -0.15) is 11.4 Å². The molecule has 0 spiro atoms. The zero-order chi connectivity index (χ0) is 14.6. The molecule has 0 aromatic rings. The first kappa shape index (κ1) is 23.1. The molecule has 1 radical (unpaired) electrons. The van der Waals surface area contributed by atoms with Crippen LogP contribution in [0, 0.1) is 0 Å². The molecule has 0 aromatic carbocycles. The summed E-state index contributed by atoms with van der Waals surface area (Å²) in [5.74, 6) is 0. The van der Waals surface area contributed by atoms with Gasteiger partial charge in [0.25, 0.3) is 0 Å². The van der Waals surface area contributed by atoms with Gasteiger partial charge in [0.1, 0.15) is 0 Å². The van der Waals surface area contributed by atoms with E-state index in [0.717, 1.165) is 22.8 Å². The molecule has 0 atom stereocenters. The van der Waals surface area contributed by atoms with Crippen LogP contribution in [-0.2, 0) is 17.1 Å². The van der Waals surface area contributed by atoms with Crippen molar-refractivity contribution in [3.05, 3.63) is 34.2 Å². The Labute approximate surface area is 129 Å². The summed E-state index contributed by atoms with van der Waals surface area (Å²) in [5, 5.41) is 7.91. The Balaban J connectivity index is -0.000000256. The van der Waals surface area contributed by atoms with Crippen molar-refractivity contribution in [1.82, 2.24) is 0 Å². The Kier molecular flexibility index (Phi) is 18.2. The summed E-state index contributed by atoms with van der Waals surface area (Å²) in [6, 6.07) is 0. The molecule has 0 aliphatic carbocycles. The average Bonchev–Trinajstić information content (AvgIpc) is 2.38. The Morgan fingerprint density at radius 1 is 0.737 bits per heavy atom. The van der Waals surface area contributed by atoms with Gasteiger partial charge >= 0.3 is 17.1 Å². The summed E-state index contributed by atoms with van der Waals surface area (Å²) >= 11 is 0. The van der Waals surface area contributed by atoms with Crippen molar-refractivity contribution >= 4 is 11.4 Å². The van der Waals surface area contributed by atoms with Crippen LogP contribution in [0.1, 0.15) is 27.7 Å². The van der Waals surface area contributed by atoms with E-state index in [1.54, 1.807) is 28.2 Å². The van der Waals surface area contributed by atoms with Crippen LogP contribution in [-0.4, -0.2) is 39.6 Å². The van der Waals surface area contributed by atoms with E-state index in [1.165, 1.54) is 0 Å². The van der Waals surface area contributed by atoms with E-state index in [1.807, 2.05) is 39.8 Å². The predicted molar refractivity (Wildman–Crippen MR) is 84.1 cm³/mol. The van der Waals surface area contributed by atoms with Gasteiger partial charge in [-0.25, -0.2) is 0 Å². The number of hydrogen-bond acceptors (Lipinski definition) is 2. The van der Waals surface area contributed by atoms with Crippen LogP contribution < -0.4 is 0 Å². The maximum absolute atomic E-state index is 3.96. The standard InChI is InChI=1S/2C7H13N2.Mn/c2*1-6(8-3)5-7(2)9-4;/h2*5H,1-4H3;/q2*-1;+2/b2*6-5-,9-7?;. The Morgan fingerprint density at radius 2 is 1.00 bits per heavy atom. The molecule has 0 N–H and O–H groups in total. The first-order valence-corrected chi connectivity index (χ1v) is 5.84. The van der Waals surface area contributed by atoms with E-state index in [4.69, 9.17) is 0 Å². The molecule has 5 heteroatoms. The van der Waals surface area contributed by atoms with E-state index < -0.39 is 0 Å². The van der Waals surface area contributed by atoms with Crippen LogP contribution in [0.5, 0.6) is 0 Å². The first-order chi connectivity index (χ1) is 8.40. The van der Waals surface area contributed by atoms with Gasteiger partial charge in [-0.1, -0.05) is 26.0 Å². The van der Waals surface area contributed by atoms with Gasteiger partial charge < -0.3 is 10.6 Å². The Hall–Kier alpha value is -1.06. The molecule has 0 heterocycles. The third-order valence-corrected chi connectivity index (χ3v) is 2.25. The molecule has 0 bridgehead atoms. The van der Waals surface area contributed by atoms with E-state index in [9.17, 15) is 0 Å². The van der Waals surface area contributed by atoms with E-state index in [2.05, 4.69) is 20.6 Å². The van der Waals surface area contributed by atoms with Crippen LogP contribution in [0.4, 0.5) is 0 Å². The largest absolute Gasteiger partial charge is 2.00 e. The molecule has 0 aliphatic rings. The third kappa shape index (κ3) is 16.9. The van der Waals surface area contributed by atoms with Gasteiger partial charge in [0, 0.05) is 25.5 Å². The second-order valence-electron chi connectivity index (χ2n) is 3.75. The van der Waals surface area contributed by atoms with Crippen molar-refractivity contribution in [1.29, 1.82) is 0 Å². The van der Waals surface area contributed by atoms with Crippen LogP contribution in [0.25, 0.3) is 10.6 Å². The van der Waals surface area contributed by atoms with Crippen LogP contribution in [0.3, 0.4) is 0 Å². The quantitative estimate of drug-likeness (QED) is 0.557. The normalized spacial score (nSPS) is 13.1. The fraction of sp³-hybridized carbons (Fsp3) is 0.571. The number of hydrogen-bond donors (Lipinski definition) is 0. The topological polar surface area (TPSA) is 52.9 Å². The molecule has 0 unspecified atom stereocenters. The zero-order valence-corrected chi connectivity index (χ0v) is 14.5. The predicted octanol–water partition coefficient (Wildman–Crippen LogP) is 3.97. The minimum Gasteiger partial charge on any atom is -0.691 e. The van der Waals surface area contributed by atoms with E-state index in [0.29, 0.717) is 0 Å². The molecular formula is C14H26MnN4. The summed E-state index contributed by atoms with van der Waals surface area (Å²) in [6.07, 6.45) is 3.89. The van der Waals surface area contributed by atoms with Gasteiger partial charge in [-0.3, -0.25) is 9.98 Å². The maximum atomic E-state index is 3.96. The van der Waals surface area contributed by atoms with Gasteiger partial charge in [0.2, 0.25) is 0 Å². The average molecular weight is 305 g/mol. The van der Waals surface area contributed by atoms with Crippen molar-refractivity contribution < 1.29 is 17.1 Å². The van der Waals surface area contributed by atoms with Crippen LogP contribution in [0.2, 0.25) is 0 Å². The van der Waals surface area contributed by atoms with Gasteiger partial charge in [0.15, 0.2) is 0 Å². The van der Waals surface area contributed by atoms with E-state index in [-0.39, 0.29) is 17.1 Å². The minimum atomic E-state index is 0. The zero-order valence-electron chi connectivity index (χ0n) is 13.3. The molecule has 0 aromatic heterocycles. The molecule has 0 rings (SSSR count). The fourth-order valence-electron chi connectivity index (χ4n) is 0.863. The maximum Gasteiger partial charge on any atom is 2.00 e. The van der Waals surface area contributed by atoms with Crippen molar-refractivity contribution in [3.63, 3.8) is 0 Å². The Morgan fingerprint density at radius 3 is 1.16 bits per heavy atom. The fourth-order valence-corrected chi connectivity index (χ4v) is 0.863. The van der Waals surface area contributed by atoms with Crippen molar-refractivity contribution in [3.8, 4) is 0 Å². The van der Waals surface area contributed by atoms with Crippen LogP contribution in [0.15, 0.2) is 33.5 Å². The number of aliphatic imine (C=N–C) groups is 2. The molecule has 0 aliphatic heterocycles. The molecule has 0 saturated heterocycles. The van der Waals surface area contributed by atoms with Gasteiger partial charge in [-0.05, 0) is 13.8 Å². The van der Waals surface area contributed by atoms with Gasteiger partial charge in [-0.15, -0.1) is 14.1 Å². The summed E-state index contributed by atoms with van der Waals surface area (Å²) in [7, 11) is 7.09. The smallest absolute Gasteiger partial charge is 0.691 e. The second kappa shape index (κ2) is 15.0. The molecular weight excluding hydrogens is 279 g/mol.